The molecule has 0 spiro atoms. The van der Waals surface area contributed by atoms with Gasteiger partial charge in [-0.05, 0) is 50.4 Å². The first-order valence-electron chi connectivity index (χ1n) is 15.2. The third kappa shape index (κ3) is 8.03. The molecule has 1 fully saturated rings. The van der Waals surface area contributed by atoms with Gasteiger partial charge >= 0.3 is 0 Å². The van der Waals surface area contributed by atoms with Gasteiger partial charge in [-0.25, -0.2) is 0 Å². The summed E-state index contributed by atoms with van der Waals surface area (Å²) in [6.07, 6.45) is -1.12. The van der Waals surface area contributed by atoms with Crippen LogP contribution in [0.5, 0.6) is 0 Å². The quantitative estimate of drug-likeness (QED) is 0.113. The van der Waals surface area contributed by atoms with Crippen molar-refractivity contribution in [1.29, 1.82) is 0 Å². The number of para-hydroxylation sites is 1. The normalized spacial score (nSPS) is 19.6. The number of tetrazole rings is 1. The summed E-state index contributed by atoms with van der Waals surface area (Å²) in [5, 5.41) is 25.3. The first-order valence-corrected chi connectivity index (χ1v) is 17.3. The lowest BCUT2D eigenvalue weighted by Gasteiger charge is -2.41. The number of halogens is 3. The van der Waals surface area contributed by atoms with E-state index in [1.165, 1.54) is 11.8 Å². The number of carbonyl (C=O) groups is 1. The molecule has 1 saturated heterocycles. The molecular weight excluding hydrogens is 693 g/mol. The molecule has 4 atom stereocenters. The number of aromatic nitrogens is 4. The molecule has 2 N–H and O–H groups in total. The second kappa shape index (κ2) is 15.4. The Morgan fingerprint density at radius 3 is 2.31 bits per heavy atom. The number of hydrogen-bond donors (Lipinski definition) is 2. The van der Waals surface area contributed by atoms with Crippen molar-refractivity contribution in [3.05, 3.63) is 125 Å². The third-order valence-electron chi connectivity index (χ3n) is 8.15. The third-order valence-corrected chi connectivity index (χ3v) is 9.67. The number of alkyl halides is 3. The molecule has 1 amide bonds. The van der Waals surface area contributed by atoms with E-state index in [-0.39, 0.29) is 31.3 Å². The van der Waals surface area contributed by atoms with E-state index in [2.05, 4.69) is 27.8 Å². The van der Waals surface area contributed by atoms with Crippen molar-refractivity contribution in [2.24, 2.45) is 5.92 Å². The Kier molecular flexibility index (Phi) is 11.0. The Bertz CT molecular complexity index is 1820. The van der Waals surface area contributed by atoms with Crippen molar-refractivity contribution < 1.29 is 19.4 Å². The van der Waals surface area contributed by atoms with Crippen molar-refractivity contribution in [3.8, 4) is 16.8 Å². The highest BCUT2D eigenvalue weighted by Crippen LogP contribution is 2.43. The molecular formula is C35H32Cl3N5O4S. The number of aliphatic hydroxyl groups excluding tert-OH is 1. The molecule has 1 aliphatic heterocycles. The second-order valence-corrected chi connectivity index (χ2v) is 14.6. The molecule has 0 bridgehead atoms. The minimum absolute atomic E-state index is 0.0103. The van der Waals surface area contributed by atoms with Gasteiger partial charge in [-0.2, -0.15) is 4.68 Å². The molecule has 48 heavy (non-hydrogen) atoms. The number of hydrogen-bond acceptors (Lipinski definition) is 8. The number of aliphatic hydroxyl groups is 1. The van der Waals surface area contributed by atoms with E-state index >= 15 is 0 Å². The summed E-state index contributed by atoms with van der Waals surface area (Å²) < 4.78 is 13.0. The highest BCUT2D eigenvalue weighted by atomic mass is 35.6. The Balaban J connectivity index is 1.23. The highest BCUT2D eigenvalue weighted by molar-refractivity contribution is 7.99. The maximum absolute atomic E-state index is 12.2. The molecule has 4 aromatic carbocycles. The smallest absolute Gasteiger partial charge is 0.272 e. The van der Waals surface area contributed by atoms with E-state index in [4.69, 9.17) is 44.3 Å². The minimum Gasteiger partial charge on any atom is -0.392 e. The molecule has 13 heteroatoms. The highest BCUT2D eigenvalue weighted by Gasteiger charge is 2.38. The van der Waals surface area contributed by atoms with Crippen LogP contribution in [0.1, 0.15) is 41.6 Å². The summed E-state index contributed by atoms with van der Waals surface area (Å²) in [5.74, 6) is -0.114. The van der Waals surface area contributed by atoms with E-state index < -0.39 is 16.0 Å². The summed E-state index contributed by atoms with van der Waals surface area (Å²) in [4.78, 5) is 12.2. The zero-order chi connectivity index (χ0) is 33.7. The van der Waals surface area contributed by atoms with Crippen LogP contribution >= 0.6 is 46.6 Å². The molecule has 1 aromatic heterocycles. The molecule has 2 heterocycles. The molecule has 0 unspecified atom stereocenters. The summed E-state index contributed by atoms with van der Waals surface area (Å²) in [6.45, 7) is 2.28. The van der Waals surface area contributed by atoms with Gasteiger partial charge in [0.2, 0.25) is 5.16 Å². The van der Waals surface area contributed by atoms with E-state index in [0.717, 1.165) is 39.1 Å². The fourth-order valence-corrected chi connectivity index (χ4v) is 6.77. The fraction of sp³-hybridized carbons (Fsp3) is 0.257. The van der Waals surface area contributed by atoms with Crippen molar-refractivity contribution in [1.82, 2.24) is 25.5 Å². The lowest BCUT2D eigenvalue weighted by Crippen LogP contribution is -2.38. The zero-order valence-corrected chi connectivity index (χ0v) is 28.8. The van der Waals surface area contributed by atoms with E-state index in [1.54, 1.807) is 4.68 Å². The van der Waals surface area contributed by atoms with Crippen molar-refractivity contribution >= 4 is 52.5 Å². The van der Waals surface area contributed by atoms with Gasteiger partial charge in [0.25, 0.3) is 9.70 Å². The predicted octanol–water partition coefficient (Wildman–Crippen LogP) is 7.39. The lowest BCUT2D eigenvalue weighted by molar-refractivity contribution is -0.268. The van der Waals surface area contributed by atoms with Crippen LogP contribution in [0.15, 0.2) is 108 Å². The van der Waals surface area contributed by atoms with Gasteiger partial charge < -0.3 is 19.9 Å². The number of rotatable bonds is 10. The molecule has 248 valence electrons. The van der Waals surface area contributed by atoms with Crippen LogP contribution in [0.3, 0.4) is 0 Å². The van der Waals surface area contributed by atoms with Crippen LogP contribution in [0.2, 0.25) is 0 Å². The van der Waals surface area contributed by atoms with Gasteiger partial charge in [0.1, 0.15) is 0 Å². The van der Waals surface area contributed by atoms with Gasteiger partial charge in [-0.3, -0.25) is 4.79 Å². The summed E-state index contributed by atoms with van der Waals surface area (Å²) in [7, 11) is 0. The van der Waals surface area contributed by atoms with Crippen LogP contribution in [0, 0.1) is 5.92 Å². The van der Waals surface area contributed by atoms with E-state index in [1.807, 2.05) is 103 Å². The Labute approximate surface area is 297 Å². The maximum atomic E-state index is 12.2. The van der Waals surface area contributed by atoms with Gasteiger partial charge in [-0.15, -0.1) is 5.10 Å². The summed E-state index contributed by atoms with van der Waals surface area (Å²) in [5.41, 5.74) is 6.30. The topological polar surface area (TPSA) is 111 Å². The van der Waals surface area contributed by atoms with E-state index in [9.17, 15) is 9.90 Å². The minimum atomic E-state index is -2.04. The maximum Gasteiger partial charge on any atom is 0.272 e. The van der Waals surface area contributed by atoms with Gasteiger partial charge in [-0.1, -0.05) is 144 Å². The van der Waals surface area contributed by atoms with Crippen LogP contribution in [-0.4, -0.2) is 46.9 Å². The summed E-state index contributed by atoms with van der Waals surface area (Å²) in [6, 6.07) is 33.3. The lowest BCUT2D eigenvalue weighted by atomic mass is 9.91. The van der Waals surface area contributed by atoms with Crippen molar-refractivity contribution in [2.75, 3.05) is 5.75 Å². The molecule has 1 aliphatic rings. The van der Waals surface area contributed by atoms with Crippen LogP contribution in [-0.2, 0) is 27.4 Å². The first kappa shape index (κ1) is 34.4. The number of benzene rings is 4. The zero-order valence-electron chi connectivity index (χ0n) is 25.7. The SMILES string of the molecule is C[C@@H]1[C@H](CSc2nnnn2-c2ccccc2)O[C@H](c2ccc(-c3ccccc3CNC(=O)C(Cl)(Cl)Cl)cc2)O[C@@H]1c1ccc(CO)cc1. The Morgan fingerprint density at radius 1 is 0.917 bits per heavy atom. The van der Waals surface area contributed by atoms with Crippen LogP contribution in [0.4, 0.5) is 0 Å². The number of amides is 1. The number of carbonyl (C=O) groups excluding carboxylic acids is 1. The molecule has 0 saturated carbocycles. The standard InChI is InChI=1S/C35H32Cl3N5O4S/c1-22-30(21-48-34-40-41-42-43(34)28-8-3-2-4-9-28)46-32(47-31(22)25-13-11-23(20-44)12-14-25)26-17-15-24(16-18-26)29-10-6-5-7-27(29)19-39-33(45)35(36,37)38/h2-18,22,30-32,44H,19-21H2,1H3,(H,39,45)/t22-,30+,31+,32+/m1/s1. The molecule has 5 aromatic rings. The van der Waals surface area contributed by atoms with Crippen LogP contribution in [0.25, 0.3) is 16.8 Å². The largest absolute Gasteiger partial charge is 0.392 e. The average molecular weight is 725 g/mol. The first-order chi connectivity index (χ1) is 23.2. The fourth-order valence-electron chi connectivity index (χ4n) is 5.52. The number of thioether (sulfide) groups is 1. The van der Waals surface area contributed by atoms with Gasteiger partial charge in [0, 0.05) is 23.8 Å². The molecule has 6 rings (SSSR count). The Morgan fingerprint density at radius 2 is 1.60 bits per heavy atom. The second-order valence-electron chi connectivity index (χ2n) is 11.3. The Hall–Kier alpha value is -3.48. The van der Waals surface area contributed by atoms with Gasteiger partial charge in [0.15, 0.2) is 6.29 Å². The molecule has 0 radical (unpaired) electrons. The van der Waals surface area contributed by atoms with E-state index in [0.29, 0.717) is 10.9 Å². The summed E-state index contributed by atoms with van der Waals surface area (Å²) >= 11 is 18.7. The number of nitrogens with zero attached hydrogens (tertiary/aromatic N) is 4. The molecule has 9 nitrogen and oxygen atoms in total. The predicted molar refractivity (Wildman–Crippen MR) is 187 cm³/mol. The van der Waals surface area contributed by atoms with Crippen molar-refractivity contribution in [2.45, 2.75) is 47.5 Å². The van der Waals surface area contributed by atoms with Gasteiger partial charge in [0.05, 0.1) is 24.5 Å². The van der Waals surface area contributed by atoms with Crippen LogP contribution < -0.4 is 5.32 Å². The van der Waals surface area contributed by atoms with Crippen molar-refractivity contribution in [3.63, 3.8) is 0 Å². The average Bonchev–Trinajstić information content (AvgIpc) is 3.59. The number of ether oxygens (including phenoxy) is 2. The molecule has 0 aliphatic carbocycles. The monoisotopic (exact) mass is 723 g/mol. The number of nitrogens with one attached hydrogen (secondary N) is 1.